The van der Waals surface area contributed by atoms with E-state index in [-0.39, 0.29) is 23.6 Å². The second kappa shape index (κ2) is 8.33. The molecule has 9 heteroatoms. The third kappa shape index (κ3) is 5.24. The van der Waals surface area contributed by atoms with Crippen LogP contribution in [0.25, 0.3) is 0 Å². The topological polar surface area (TPSA) is 85.2 Å². The highest BCUT2D eigenvalue weighted by Crippen LogP contribution is 2.39. The van der Waals surface area contributed by atoms with Gasteiger partial charge in [-0.2, -0.15) is 0 Å². The summed E-state index contributed by atoms with van der Waals surface area (Å²) in [5.74, 6) is 0.228. The number of hydrogen-bond donors (Lipinski definition) is 0. The number of nitro groups is 1. The van der Waals surface area contributed by atoms with Crippen LogP contribution in [0.2, 0.25) is 0 Å². The van der Waals surface area contributed by atoms with Gasteiger partial charge in [-0.15, -0.1) is 0 Å². The molecule has 1 aliphatic rings. The van der Waals surface area contributed by atoms with Gasteiger partial charge < -0.3 is 19.3 Å². The van der Waals surface area contributed by atoms with Crippen LogP contribution in [0, 0.1) is 10.1 Å². The zero-order valence-corrected chi connectivity index (χ0v) is 17.9. The fraction of sp³-hybridized carbons (Fsp3) is 0.611. The lowest BCUT2D eigenvalue weighted by molar-refractivity contribution is -0.385. The molecule has 0 N–H and O–H groups in total. The van der Waals surface area contributed by atoms with Crippen molar-refractivity contribution in [3.63, 3.8) is 0 Å². The maximum atomic E-state index is 12.3. The molecule has 1 aromatic rings. The van der Waals surface area contributed by atoms with Crippen molar-refractivity contribution in [2.45, 2.75) is 45.3 Å². The van der Waals surface area contributed by atoms with Gasteiger partial charge in [-0.1, -0.05) is 0 Å². The summed E-state index contributed by atoms with van der Waals surface area (Å²) in [7, 11) is 3.18. The summed E-state index contributed by atoms with van der Waals surface area (Å²) in [6.45, 7) is 6.98. The molecule has 1 aliphatic heterocycles. The average molecular weight is 444 g/mol. The maximum Gasteiger partial charge on any atom is 0.410 e. The highest BCUT2D eigenvalue weighted by Gasteiger charge is 2.30. The first-order valence-corrected chi connectivity index (χ1v) is 9.55. The molecule has 0 unspecified atom stereocenters. The van der Waals surface area contributed by atoms with Crippen molar-refractivity contribution < 1.29 is 19.2 Å². The number of ether oxygens (including phenoxy) is 2. The molecule has 0 radical (unpaired) electrons. The molecule has 0 atom stereocenters. The molecular formula is C18H26BrN3O5. The standard InChI is InChI=1S/C18H26BrN3O5/c1-18(2,3)27-17(23)20(4)12-6-8-21(9-7-12)14-11-16(26-5)15(22(24)25)10-13(14)19/h10-12H,6-9H2,1-5H3. The van der Waals surface area contributed by atoms with Gasteiger partial charge in [-0.25, -0.2) is 4.79 Å². The second-order valence-corrected chi connectivity index (χ2v) is 8.40. The second-order valence-electron chi connectivity index (χ2n) is 7.54. The van der Waals surface area contributed by atoms with E-state index in [1.165, 1.54) is 13.2 Å². The van der Waals surface area contributed by atoms with E-state index in [0.29, 0.717) is 4.47 Å². The van der Waals surface area contributed by atoms with Gasteiger partial charge >= 0.3 is 11.8 Å². The molecule has 2 rings (SSSR count). The summed E-state index contributed by atoms with van der Waals surface area (Å²) >= 11 is 3.43. The van der Waals surface area contributed by atoms with Crippen LogP contribution in [0.5, 0.6) is 5.75 Å². The number of anilines is 1. The third-order valence-electron chi connectivity index (χ3n) is 4.48. The summed E-state index contributed by atoms with van der Waals surface area (Å²) in [6.07, 6.45) is 1.24. The van der Waals surface area contributed by atoms with Crippen molar-refractivity contribution >= 4 is 33.4 Å². The summed E-state index contributed by atoms with van der Waals surface area (Å²) < 4.78 is 11.3. The molecule has 0 bridgehead atoms. The number of rotatable bonds is 4. The van der Waals surface area contributed by atoms with Gasteiger partial charge in [0.2, 0.25) is 0 Å². The number of amides is 1. The smallest absolute Gasteiger partial charge is 0.410 e. The quantitative estimate of drug-likeness (QED) is 0.511. The minimum absolute atomic E-state index is 0.0762. The SMILES string of the molecule is COc1cc(N2CCC(N(C)C(=O)OC(C)(C)C)CC2)c(Br)cc1[N+](=O)[O-]. The van der Waals surface area contributed by atoms with Crippen LogP contribution in [-0.4, -0.2) is 54.8 Å². The molecule has 1 amide bonds. The zero-order chi connectivity index (χ0) is 20.4. The van der Waals surface area contributed by atoms with Crippen molar-refractivity contribution in [2.75, 3.05) is 32.1 Å². The molecule has 27 heavy (non-hydrogen) atoms. The lowest BCUT2D eigenvalue weighted by atomic mass is 10.0. The molecule has 1 heterocycles. The van der Waals surface area contributed by atoms with Crippen LogP contribution in [0.15, 0.2) is 16.6 Å². The Balaban J connectivity index is 2.07. The Morgan fingerprint density at radius 1 is 1.33 bits per heavy atom. The number of carbonyl (C=O) groups is 1. The lowest BCUT2D eigenvalue weighted by Gasteiger charge is -2.38. The van der Waals surface area contributed by atoms with Gasteiger partial charge in [-0.3, -0.25) is 10.1 Å². The third-order valence-corrected chi connectivity index (χ3v) is 5.11. The van der Waals surface area contributed by atoms with Gasteiger partial charge in [0.25, 0.3) is 0 Å². The number of hydrogen-bond acceptors (Lipinski definition) is 6. The van der Waals surface area contributed by atoms with E-state index < -0.39 is 10.5 Å². The Kier molecular flexibility index (Phi) is 6.56. The first-order chi connectivity index (χ1) is 12.5. The molecule has 0 aromatic heterocycles. The monoisotopic (exact) mass is 443 g/mol. The van der Waals surface area contributed by atoms with Crippen molar-refractivity contribution in [1.82, 2.24) is 4.90 Å². The predicted octanol–water partition coefficient (Wildman–Crippen LogP) is 4.20. The molecule has 0 saturated carbocycles. The van der Waals surface area contributed by atoms with Gasteiger partial charge in [-0.05, 0) is 49.5 Å². The van der Waals surface area contributed by atoms with E-state index in [4.69, 9.17) is 9.47 Å². The Morgan fingerprint density at radius 3 is 2.41 bits per heavy atom. The number of methoxy groups -OCH3 is 1. The van der Waals surface area contributed by atoms with Crippen LogP contribution in [0.4, 0.5) is 16.2 Å². The van der Waals surface area contributed by atoms with E-state index in [9.17, 15) is 14.9 Å². The first-order valence-electron chi connectivity index (χ1n) is 8.76. The van der Waals surface area contributed by atoms with E-state index >= 15 is 0 Å². The van der Waals surface area contributed by atoms with E-state index in [1.807, 2.05) is 20.8 Å². The highest BCUT2D eigenvalue weighted by molar-refractivity contribution is 9.10. The zero-order valence-electron chi connectivity index (χ0n) is 16.3. The normalized spacial score (nSPS) is 15.4. The van der Waals surface area contributed by atoms with Crippen LogP contribution in [0.1, 0.15) is 33.6 Å². The number of nitrogens with zero attached hydrogens (tertiary/aromatic N) is 3. The van der Waals surface area contributed by atoms with E-state index in [1.54, 1.807) is 18.0 Å². The number of benzene rings is 1. The van der Waals surface area contributed by atoms with Crippen molar-refractivity contribution in [1.29, 1.82) is 0 Å². The minimum Gasteiger partial charge on any atom is -0.490 e. The fourth-order valence-electron chi connectivity index (χ4n) is 3.06. The van der Waals surface area contributed by atoms with Gasteiger partial charge in [0.05, 0.1) is 17.7 Å². The van der Waals surface area contributed by atoms with Gasteiger partial charge in [0, 0.05) is 42.8 Å². The van der Waals surface area contributed by atoms with E-state index in [0.717, 1.165) is 31.6 Å². The summed E-state index contributed by atoms with van der Waals surface area (Å²) in [5.41, 5.74) is 0.246. The van der Waals surface area contributed by atoms with Crippen LogP contribution in [-0.2, 0) is 4.74 Å². The largest absolute Gasteiger partial charge is 0.490 e. The van der Waals surface area contributed by atoms with Crippen LogP contribution >= 0.6 is 15.9 Å². The lowest BCUT2D eigenvalue weighted by Crippen LogP contribution is -2.47. The molecule has 1 aromatic carbocycles. The summed E-state index contributed by atoms with van der Waals surface area (Å²) in [5, 5.41) is 11.1. The first kappa shape index (κ1) is 21.3. The van der Waals surface area contributed by atoms with Crippen molar-refractivity contribution in [2.24, 2.45) is 0 Å². The maximum absolute atomic E-state index is 12.3. The molecule has 150 valence electrons. The molecule has 8 nitrogen and oxygen atoms in total. The molecule has 0 spiro atoms. The highest BCUT2D eigenvalue weighted by atomic mass is 79.9. The van der Waals surface area contributed by atoms with Gasteiger partial charge in [0.1, 0.15) is 5.60 Å². The Bertz CT molecular complexity index is 712. The van der Waals surface area contributed by atoms with Crippen LogP contribution in [0.3, 0.4) is 0 Å². The molecular weight excluding hydrogens is 418 g/mol. The van der Waals surface area contributed by atoms with E-state index in [2.05, 4.69) is 20.8 Å². The van der Waals surface area contributed by atoms with Gasteiger partial charge in [0.15, 0.2) is 5.75 Å². The van der Waals surface area contributed by atoms with Crippen LogP contribution < -0.4 is 9.64 Å². The van der Waals surface area contributed by atoms with Crippen molar-refractivity contribution in [3.8, 4) is 5.75 Å². The summed E-state index contributed by atoms with van der Waals surface area (Å²) in [4.78, 5) is 26.7. The predicted molar refractivity (Wildman–Crippen MR) is 107 cm³/mol. The number of halogens is 1. The molecule has 0 aliphatic carbocycles. The number of carbonyl (C=O) groups excluding carboxylic acids is 1. The Labute approximate surface area is 167 Å². The fourth-order valence-corrected chi connectivity index (χ4v) is 3.64. The average Bonchev–Trinajstić information content (AvgIpc) is 2.59. The minimum atomic E-state index is -0.522. The number of nitro benzene ring substituents is 1. The Hall–Kier alpha value is -2.03. The van der Waals surface area contributed by atoms with Crippen molar-refractivity contribution in [3.05, 3.63) is 26.7 Å². The molecule has 1 fully saturated rings. The summed E-state index contributed by atoms with van der Waals surface area (Å²) in [6, 6.07) is 3.24. The molecule has 1 saturated heterocycles. The number of piperidine rings is 1. The Morgan fingerprint density at radius 2 is 1.93 bits per heavy atom.